The van der Waals surface area contributed by atoms with E-state index in [1.165, 1.54) is 6.42 Å². The first-order valence-corrected chi connectivity index (χ1v) is 7.76. The molecule has 1 fully saturated rings. The Bertz CT molecular complexity index is 601. The van der Waals surface area contributed by atoms with Crippen LogP contribution in [0.15, 0.2) is 22.7 Å². The number of methoxy groups -OCH3 is 1. The summed E-state index contributed by atoms with van der Waals surface area (Å²) >= 11 is 9.52. The summed E-state index contributed by atoms with van der Waals surface area (Å²) in [7, 11) is 1.80. The van der Waals surface area contributed by atoms with E-state index < -0.39 is 0 Å². The number of ether oxygens (including phenoxy) is 1. The van der Waals surface area contributed by atoms with E-state index in [4.69, 9.17) is 16.3 Å². The van der Waals surface area contributed by atoms with Crippen LogP contribution in [0.3, 0.4) is 0 Å². The Labute approximate surface area is 126 Å². The van der Waals surface area contributed by atoms with Crippen LogP contribution in [0.25, 0.3) is 11.0 Å². The molecule has 1 aliphatic carbocycles. The summed E-state index contributed by atoms with van der Waals surface area (Å²) in [5, 5.41) is 0. The molecule has 102 valence electrons. The van der Waals surface area contributed by atoms with Crippen molar-refractivity contribution in [2.45, 2.75) is 37.3 Å². The average Bonchev–Trinajstić information content (AvgIpc) is 2.70. The van der Waals surface area contributed by atoms with E-state index in [0.717, 1.165) is 40.7 Å². The van der Waals surface area contributed by atoms with Crippen LogP contribution in [-0.2, 0) is 17.2 Å². The van der Waals surface area contributed by atoms with Gasteiger partial charge in [0.25, 0.3) is 0 Å². The minimum Gasteiger partial charge on any atom is -0.376 e. The normalized spacial score (nSPS) is 17.6. The third-order valence-electron chi connectivity index (χ3n) is 4.05. The lowest BCUT2D eigenvalue weighted by molar-refractivity contribution is -0.0831. The molecule has 3 rings (SSSR count). The zero-order valence-corrected chi connectivity index (χ0v) is 13.2. The molecule has 0 amide bonds. The molecule has 1 saturated carbocycles. The van der Waals surface area contributed by atoms with Crippen LogP contribution in [0.1, 0.15) is 25.1 Å². The molecule has 0 radical (unpaired) electrons. The zero-order chi connectivity index (χ0) is 13.5. The van der Waals surface area contributed by atoms with E-state index in [1.54, 1.807) is 7.11 Å². The van der Waals surface area contributed by atoms with Crippen molar-refractivity contribution in [1.82, 2.24) is 9.55 Å². The minimum atomic E-state index is -0.0263. The van der Waals surface area contributed by atoms with Gasteiger partial charge in [-0.2, -0.15) is 0 Å². The maximum atomic E-state index is 6.04. The van der Waals surface area contributed by atoms with E-state index in [-0.39, 0.29) is 5.60 Å². The number of hydrogen-bond acceptors (Lipinski definition) is 2. The van der Waals surface area contributed by atoms with Gasteiger partial charge in [-0.25, -0.2) is 4.98 Å². The van der Waals surface area contributed by atoms with Crippen LogP contribution >= 0.6 is 27.5 Å². The molecule has 1 aliphatic rings. The number of imidazole rings is 1. The van der Waals surface area contributed by atoms with Crippen molar-refractivity contribution in [2.24, 2.45) is 0 Å². The summed E-state index contributed by atoms with van der Waals surface area (Å²) in [5.74, 6) is 1.34. The molecule has 0 unspecified atom stereocenters. The van der Waals surface area contributed by atoms with Crippen LogP contribution in [-0.4, -0.2) is 22.3 Å². The molecular weight excluding hydrogens is 328 g/mol. The Morgan fingerprint density at radius 1 is 1.47 bits per heavy atom. The van der Waals surface area contributed by atoms with Crippen molar-refractivity contribution in [3.8, 4) is 0 Å². The van der Waals surface area contributed by atoms with Crippen molar-refractivity contribution < 1.29 is 4.74 Å². The van der Waals surface area contributed by atoms with E-state index in [0.29, 0.717) is 5.88 Å². The summed E-state index contributed by atoms with van der Waals surface area (Å²) in [6, 6.07) is 6.16. The molecule has 3 nitrogen and oxygen atoms in total. The Balaban J connectivity index is 2.05. The molecule has 1 aromatic heterocycles. The molecule has 1 heterocycles. The maximum absolute atomic E-state index is 6.04. The lowest BCUT2D eigenvalue weighted by atomic mass is 9.80. The van der Waals surface area contributed by atoms with Gasteiger partial charge in [-0.15, -0.1) is 11.6 Å². The van der Waals surface area contributed by atoms with Gasteiger partial charge >= 0.3 is 0 Å². The molecule has 0 spiro atoms. The van der Waals surface area contributed by atoms with Gasteiger partial charge in [0, 0.05) is 11.6 Å². The standard InChI is InChI=1S/C14H16BrClN2O/c1-19-14(5-2-6-14)9-18-12-4-3-10(15)7-11(12)17-13(18)8-16/h3-4,7H,2,5-6,8-9H2,1H3. The first-order chi connectivity index (χ1) is 9.17. The van der Waals surface area contributed by atoms with Crippen LogP contribution in [0.2, 0.25) is 0 Å². The summed E-state index contributed by atoms with van der Waals surface area (Å²) in [6.45, 7) is 0.837. The quantitative estimate of drug-likeness (QED) is 0.781. The second kappa shape index (κ2) is 5.08. The van der Waals surface area contributed by atoms with Crippen molar-refractivity contribution in [3.05, 3.63) is 28.5 Å². The van der Waals surface area contributed by atoms with E-state index in [1.807, 2.05) is 12.1 Å². The summed E-state index contributed by atoms with van der Waals surface area (Å²) < 4.78 is 8.96. The molecule has 0 atom stereocenters. The summed E-state index contributed by atoms with van der Waals surface area (Å²) in [6.07, 6.45) is 3.46. The Morgan fingerprint density at radius 3 is 2.84 bits per heavy atom. The highest BCUT2D eigenvalue weighted by atomic mass is 79.9. The second-order valence-corrected chi connectivity index (χ2v) is 6.30. The number of nitrogens with zero attached hydrogens (tertiary/aromatic N) is 2. The molecule has 0 bridgehead atoms. The lowest BCUT2D eigenvalue weighted by Crippen LogP contribution is -2.43. The van der Waals surface area contributed by atoms with E-state index in [2.05, 4.69) is 31.5 Å². The van der Waals surface area contributed by atoms with Crippen molar-refractivity contribution >= 4 is 38.6 Å². The molecule has 2 aromatic rings. The topological polar surface area (TPSA) is 27.1 Å². The minimum absolute atomic E-state index is 0.0263. The molecule has 5 heteroatoms. The molecule has 0 aliphatic heterocycles. The third-order valence-corrected chi connectivity index (χ3v) is 4.79. The number of benzene rings is 1. The fourth-order valence-corrected chi connectivity index (χ4v) is 3.27. The molecule has 0 saturated heterocycles. The highest BCUT2D eigenvalue weighted by Crippen LogP contribution is 2.38. The van der Waals surface area contributed by atoms with E-state index >= 15 is 0 Å². The zero-order valence-electron chi connectivity index (χ0n) is 10.8. The monoisotopic (exact) mass is 342 g/mol. The van der Waals surface area contributed by atoms with Gasteiger partial charge in [0.05, 0.1) is 29.1 Å². The first-order valence-electron chi connectivity index (χ1n) is 6.43. The predicted molar refractivity (Wildman–Crippen MR) is 80.6 cm³/mol. The van der Waals surface area contributed by atoms with Crippen molar-refractivity contribution in [1.29, 1.82) is 0 Å². The number of alkyl halides is 1. The van der Waals surface area contributed by atoms with Gasteiger partial charge in [0.2, 0.25) is 0 Å². The smallest absolute Gasteiger partial charge is 0.124 e. The number of fused-ring (bicyclic) bond motifs is 1. The molecule has 0 N–H and O–H groups in total. The third kappa shape index (κ3) is 2.30. The van der Waals surface area contributed by atoms with Gasteiger partial charge in [0.1, 0.15) is 5.82 Å². The Hall–Kier alpha value is -0.580. The van der Waals surface area contributed by atoms with Gasteiger partial charge in [-0.3, -0.25) is 0 Å². The second-order valence-electron chi connectivity index (χ2n) is 5.12. The summed E-state index contributed by atoms with van der Waals surface area (Å²) in [4.78, 5) is 4.61. The molecule has 1 aromatic carbocycles. The largest absolute Gasteiger partial charge is 0.376 e. The number of rotatable bonds is 4. The maximum Gasteiger partial charge on any atom is 0.124 e. The van der Waals surface area contributed by atoms with Gasteiger partial charge in [-0.05, 0) is 37.5 Å². The van der Waals surface area contributed by atoms with Crippen molar-refractivity contribution in [3.63, 3.8) is 0 Å². The summed E-state index contributed by atoms with van der Waals surface area (Å²) in [5.41, 5.74) is 2.08. The highest BCUT2D eigenvalue weighted by molar-refractivity contribution is 9.10. The fourth-order valence-electron chi connectivity index (χ4n) is 2.72. The number of aromatic nitrogens is 2. The van der Waals surface area contributed by atoms with Crippen LogP contribution in [0.4, 0.5) is 0 Å². The van der Waals surface area contributed by atoms with Crippen molar-refractivity contribution in [2.75, 3.05) is 7.11 Å². The molecular formula is C14H16BrClN2O. The van der Waals surface area contributed by atoms with E-state index in [9.17, 15) is 0 Å². The Kier molecular flexibility index (Phi) is 3.58. The molecule has 19 heavy (non-hydrogen) atoms. The van der Waals surface area contributed by atoms with Gasteiger partial charge in [0.15, 0.2) is 0 Å². The first kappa shape index (κ1) is 13.4. The SMILES string of the molecule is COC1(Cn2c(CCl)nc3cc(Br)ccc32)CCC1. The highest BCUT2D eigenvalue weighted by Gasteiger charge is 2.38. The number of halogens is 2. The fraction of sp³-hybridized carbons (Fsp3) is 0.500. The number of hydrogen-bond donors (Lipinski definition) is 0. The van der Waals surface area contributed by atoms with Crippen LogP contribution < -0.4 is 0 Å². The lowest BCUT2D eigenvalue weighted by Gasteiger charge is -2.41. The van der Waals surface area contributed by atoms with Crippen LogP contribution in [0, 0.1) is 0 Å². The average molecular weight is 344 g/mol. The predicted octanol–water partition coefficient (Wildman–Crippen LogP) is 4.11. The van der Waals surface area contributed by atoms with Crippen LogP contribution in [0.5, 0.6) is 0 Å². The van der Waals surface area contributed by atoms with Gasteiger partial charge < -0.3 is 9.30 Å². The Morgan fingerprint density at radius 2 is 2.26 bits per heavy atom. The van der Waals surface area contributed by atoms with Gasteiger partial charge in [-0.1, -0.05) is 15.9 Å².